The molecule has 1 heterocycles. The summed E-state index contributed by atoms with van der Waals surface area (Å²) in [6.45, 7) is 4.75. The SMILES string of the molecule is CCC(=O)NCc1ccc(S(=O)(=O)N2CCN(C)CC2)cc1. The molecule has 1 saturated heterocycles. The molecule has 1 aliphatic heterocycles. The van der Waals surface area contributed by atoms with Crippen molar-refractivity contribution in [3.05, 3.63) is 29.8 Å². The monoisotopic (exact) mass is 325 g/mol. The van der Waals surface area contributed by atoms with Crippen molar-refractivity contribution in [2.24, 2.45) is 0 Å². The maximum absolute atomic E-state index is 12.6. The van der Waals surface area contributed by atoms with E-state index in [0.29, 0.717) is 31.0 Å². The second-order valence-corrected chi connectivity index (χ2v) is 7.42. The van der Waals surface area contributed by atoms with E-state index in [2.05, 4.69) is 10.2 Å². The van der Waals surface area contributed by atoms with E-state index >= 15 is 0 Å². The van der Waals surface area contributed by atoms with Gasteiger partial charge in [0, 0.05) is 39.1 Å². The molecular weight excluding hydrogens is 302 g/mol. The fourth-order valence-corrected chi connectivity index (χ4v) is 3.70. The molecule has 0 aliphatic carbocycles. The van der Waals surface area contributed by atoms with Gasteiger partial charge in [0.2, 0.25) is 15.9 Å². The maximum atomic E-state index is 12.6. The molecule has 1 aromatic rings. The average Bonchev–Trinajstić information content (AvgIpc) is 2.53. The third kappa shape index (κ3) is 4.06. The highest BCUT2D eigenvalue weighted by Gasteiger charge is 2.27. The van der Waals surface area contributed by atoms with Gasteiger partial charge in [0.15, 0.2) is 0 Å². The number of nitrogens with one attached hydrogen (secondary N) is 1. The van der Waals surface area contributed by atoms with E-state index in [-0.39, 0.29) is 5.91 Å². The van der Waals surface area contributed by atoms with Gasteiger partial charge in [-0.1, -0.05) is 19.1 Å². The summed E-state index contributed by atoms with van der Waals surface area (Å²) in [5, 5.41) is 2.77. The Morgan fingerprint density at radius 1 is 1.14 bits per heavy atom. The first kappa shape index (κ1) is 16.9. The number of nitrogens with zero attached hydrogens (tertiary/aromatic N) is 2. The first-order valence-corrected chi connectivity index (χ1v) is 8.92. The fourth-order valence-electron chi connectivity index (χ4n) is 2.28. The summed E-state index contributed by atoms with van der Waals surface area (Å²) in [6.07, 6.45) is 0.440. The highest BCUT2D eigenvalue weighted by atomic mass is 32.2. The standard InChI is InChI=1S/C15H23N3O3S/c1-3-15(19)16-12-13-4-6-14(7-5-13)22(20,21)18-10-8-17(2)9-11-18/h4-7H,3,8-12H2,1-2H3,(H,16,19). The van der Waals surface area contributed by atoms with Crippen LogP contribution in [0.5, 0.6) is 0 Å². The largest absolute Gasteiger partial charge is 0.352 e. The summed E-state index contributed by atoms with van der Waals surface area (Å²) in [5.41, 5.74) is 0.888. The number of hydrogen-bond donors (Lipinski definition) is 1. The summed E-state index contributed by atoms with van der Waals surface area (Å²) in [6, 6.07) is 6.72. The van der Waals surface area contributed by atoms with E-state index in [1.165, 1.54) is 4.31 Å². The molecule has 0 unspecified atom stereocenters. The molecule has 1 amide bonds. The molecule has 0 radical (unpaired) electrons. The number of likely N-dealkylation sites (N-methyl/N-ethyl adjacent to an activating group) is 1. The van der Waals surface area contributed by atoms with Gasteiger partial charge in [-0.3, -0.25) is 4.79 Å². The molecule has 0 spiro atoms. The Morgan fingerprint density at radius 3 is 2.27 bits per heavy atom. The second-order valence-electron chi connectivity index (χ2n) is 5.48. The lowest BCUT2D eigenvalue weighted by Crippen LogP contribution is -2.47. The van der Waals surface area contributed by atoms with Crippen LogP contribution in [-0.4, -0.2) is 56.8 Å². The molecular formula is C15H23N3O3S. The Hall–Kier alpha value is -1.44. The van der Waals surface area contributed by atoms with Gasteiger partial charge < -0.3 is 10.2 Å². The molecule has 7 heteroatoms. The Bertz CT molecular complexity index is 605. The third-order valence-electron chi connectivity index (χ3n) is 3.83. The summed E-state index contributed by atoms with van der Waals surface area (Å²) in [4.78, 5) is 13.7. The van der Waals surface area contributed by atoms with E-state index in [9.17, 15) is 13.2 Å². The summed E-state index contributed by atoms with van der Waals surface area (Å²) < 4.78 is 26.6. The molecule has 1 aromatic carbocycles. The quantitative estimate of drug-likeness (QED) is 0.863. The number of piperazine rings is 1. The van der Waals surface area contributed by atoms with Crippen molar-refractivity contribution in [1.82, 2.24) is 14.5 Å². The van der Waals surface area contributed by atoms with Crippen LogP contribution >= 0.6 is 0 Å². The van der Waals surface area contributed by atoms with E-state index < -0.39 is 10.0 Å². The number of carbonyl (C=O) groups is 1. The third-order valence-corrected chi connectivity index (χ3v) is 5.75. The molecule has 22 heavy (non-hydrogen) atoms. The van der Waals surface area contributed by atoms with Crippen LogP contribution in [0.15, 0.2) is 29.2 Å². The molecule has 0 saturated carbocycles. The molecule has 1 N–H and O–H groups in total. The highest BCUT2D eigenvalue weighted by molar-refractivity contribution is 7.89. The Kier molecular flexibility index (Phi) is 5.55. The lowest BCUT2D eigenvalue weighted by atomic mass is 10.2. The molecule has 6 nitrogen and oxygen atoms in total. The average molecular weight is 325 g/mol. The van der Waals surface area contributed by atoms with Crippen LogP contribution in [0.1, 0.15) is 18.9 Å². The maximum Gasteiger partial charge on any atom is 0.243 e. The normalized spacial score (nSPS) is 17.4. The number of carbonyl (C=O) groups excluding carboxylic acids is 1. The molecule has 122 valence electrons. The van der Waals surface area contributed by atoms with E-state index in [1.807, 2.05) is 7.05 Å². The minimum Gasteiger partial charge on any atom is -0.352 e. The second kappa shape index (κ2) is 7.21. The van der Waals surface area contributed by atoms with Crippen molar-refractivity contribution in [1.29, 1.82) is 0 Å². The minimum absolute atomic E-state index is 0.0193. The van der Waals surface area contributed by atoms with Crippen molar-refractivity contribution in [3.8, 4) is 0 Å². The zero-order valence-corrected chi connectivity index (χ0v) is 13.9. The van der Waals surface area contributed by atoms with Gasteiger partial charge in [-0.15, -0.1) is 0 Å². The molecule has 1 aliphatic rings. The van der Waals surface area contributed by atoms with Crippen LogP contribution in [0.25, 0.3) is 0 Å². The minimum atomic E-state index is -3.42. The lowest BCUT2D eigenvalue weighted by molar-refractivity contribution is -0.120. The first-order chi connectivity index (χ1) is 10.4. The highest BCUT2D eigenvalue weighted by Crippen LogP contribution is 2.18. The Balaban J connectivity index is 2.04. The molecule has 1 fully saturated rings. The van der Waals surface area contributed by atoms with E-state index in [4.69, 9.17) is 0 Å². The summed E-state index contributed by atoms with van der Waals surface area (Å²) in [5.74, 6) is -0.0193. The predicted molar refractivity (Wildman–Crippen MR) is 84.8 cm³/mol. The zero-order valence-electron chi connectivity index (χ0n) is 13.1. The number of hydrogen-bond acceptors (Lipinski definition) is 4. The van der Waals surface area contributed by atoms with Crippen LogP contribution in [-0.2, 0) is 21.4 Å². The van der Waals surface area contributed by atoms with Gasteiger partial charge in [-0.05, 0) is 24.7 Å². The fraction of sp³-hybridized carbons (Fsp3) is 0.533. The van der Waals surface area contributed by atoms with E-state index in [0.717, 1.165) is 18.7 Å². The van der Waals surface area contributed by atoms with Crippen molar-refractivity contribution >= 4 is 15.9 Å². The smallest absolute Gasteiger partial charge is 0.243 e. The Morgan fingerprint density at radius 2 is 1.73 bits per heavy atom. The number of amides is 1. The first-order valence-electron chi connectivity index (χ1n) is 7.48. The molecule has 2 rings (SSSR count). The van der Waals surface area contributed by atoms with Crippen LogP contribution < -0.4 is 5.32 Å². The van der Waals surface area contributed by atoms with Crippen LogP contribution in [0, 0.1) is 0 Å². The van der Waals surface area contributed by atoms with Gasteiger partial charge in [0.1, 0.15) is 0 Å². The number of rotatable bonds is 5. The van der Waals surface area contributed by atoms with E-state index in [1.54, 1.807) is 31.2 Å². The van der Waals surface area contributed by atoms with Crippen molar-refractivity contribution in [3.63, 3.8) is 0 Å². The summed E-state index contributed by atoms with van der Waals surface area (Å²) >= 11 is 0. The number of sulfonamides is 1. The van der Waals surface area contributed by atoms with Gasteiger partial charge in [-0.2, -0.15) is 4.31 Å². The molecule has 0 aromatic heterocycles. The molecule has 0 bridgehead atoms. The zero-order chi connectivity index (χ0) is 16.2. The summed E-state index contributed by atoms with van der Waals surface area (Å²) in [7, 11) is -1.43. The van der Waals surface area contributed by atoms with Crippen molar-refractivity contribution in [2.45, 2.75) is 24.8 Å². The van der Waals surface area contributed by atoms with Crippen LogP contribution in [0.2, 0.25) is 0 Å². The predicted octanol–water partition coefficient (Wildman–Crippen LogP) is 0.649. The van der Waals surface area contributed by atoms with Gasteiger partial charge >= 0.3 is 0 Å². The van der Waals surface area contributed by atoms with Crippen LogP contribution in [0.4, 0.5) is 0 Å². The topological polar surface area (TPSA) is 69.7 Å². The Labute approximate surface area is 132 Å². The molecule has 0 atom stereocenters. The van der Waals surface area contributed by atoms with Crippen molar-refractivity contribution in [2.75, 3.05) is 33.2 Å². The van der Waals surface area contributed by atoms with Gasteiger partial charge in [-0.25, -0.2) is 8.42 Å². The van der Waals surface area contributed by atoms with Gasteiger partial charge in [0.05, 0.1) is 4.90 Å². The lowest BCUT2D eigenvalue weighted by Gasteiger charge is -2.31. The van der Waals surface area contributed by atoms with Gasteiger partial charge in [0.25, 0.3) is 0 Å². The van der Waals surface area contributed by atoms with Crippen molar-refractivity contribution < 1.29 is 13.2 Å². The number of benzene rings is 1. The van der Waals surface area contributed by atoms with Crippen LogP contribution in [0.3, 0.4) is 0 Å².